The zero-order valence-electron chi connectivity index (χ0n) is 9.43. The van der Waals surface area contributed by atoms with Crippen molar-refractivity contribution in [2.75, 3.05) is 38.5 Å². The topological polar surface area (TPSA) is 89.6 Å². The number of nitrogens with zero attached hydrogens (tertiary/aromatic N) is 1. The van der Waals surface area contributed by atoms with Gasteiger partial charge in [0.1, 0.15) is 5.82 Å². The van der Waals surface area contributed by atoms with Gasteiger partial charge in [-0.2, -0.15) is 4.98 Å². The van der Waals surface area contributed by atoms with Crippen LogP contribution in [-0.4, -0.2) is 43.6 Å². The highest BCUT2D eigenvalue weighted by molar-refractivity contribution is 5.53. The number of hydrogen-bond donors (Lipinski definition) is 3. The van der Waals surface area contributed by atoms with Gasteiger partial charge in [-0.15, -0.1) is 0 Å². The molecule has 6 nitrogen and oxygen atoms in total. The summed E-state index contributed by atoms with van der Waals surface area (Å²) in [5, 5.41) is 12.1. The lowest BCUT2D eigenvalue weighted by Crippen LogP contribution is -2.29. The van der Waals surface area contributed by atoms with Crippen LogP contribution in [0.5, 0.6) is 5.88 Å². The molecule has 6 heteroatoms. The lowest BCUT2D eigenvalue weighted by atomic mass is 10.3. The van der Waals surface area contributed by atoms with E-state index >= 15 is 0 Å². The number of methoxy groups -OCH3 is 2. The number of nitrogens with one attached hydrogen (secondary N) is 1. The Labute approximate surface area is 94.4 Å². The first-order chi connectivity index (χ1) is 7.71. The van der Waals surface area contributed by atoms with Gasteiger partial charge in [0.2, 0.25) is 5.88 Å². The van der Waals surface area contributed by atoms with Crippen LogP contribution < -0.4 is 15.8 Å². The second-order valence-corrected chi connectivity index (χ2v) is 3.27. The fraction of sp³-hybridized carbons (Fsp3) is 0.500. The first-order valence-electron chi connectivity index (χ1n) is 4.88. The molecule has 90 valence electrons. The normalized spacial score (nSPS) is 12.2. The number of aliphatic hydroxyl groups excluding tert-OH is 1. The summed E-state index contributed by atoms with van der Waals surface area (Å²) in [6, 6.07) is 3.21. The van der Waals surface area contributed by atoms with Gasteiger partial charge in [-0.25, -0.2) is 0 Å². The van der Waals surface area contributed by atoms with Gasteiger partial charge in [0.15, 0.2) is 0 Å². The number of ether oxygens (including phenoxy) is 2. The lowest BCUT2D eigenvalue weighted by Gasteiger charge is -2.16. The predicted octanol–water partition coefficient (Wildman–Crippen LogP) is 0.0916. The van der Waals surface area contributed by atoms with E-state index in [9.17, 15) is 0 Å². The maximum absolute atomic E-state index is 9.07. The fourth-order valence-corrected chi connectivity index (χ4v) is 1.25. The minimum atomic E-state index is -0.203. The van der Waals surface area contributed by atoms with Crippen LogP contribution in [0, 0.1) is 0 Å². The van der Waals surface area contributed by atoms with Crippen molar-refractivity contribution in [1.29, 1.82) is 0 Å². The summed E-state index contributed by atoms with van der Waals surface area (Å²) in [5.41, 5.74) is 6.11. The molecule has 0 saturated heterocycles. The van der Waals surface area contributed by atoms with Crippen molar-refractivity contribution in [3.05, 3.63) is 12.1 Å². The van der Waals surface area contributed by atoms with Crippen molar-refractivity contribution in [3.8, 4) is 5.88 Å². The van der Waals surface area contributed by atoms with Crippen molar-refractivity contribution < 1.29 is 14.6 Å². The third-order valence-electron chi connectivity index (χ3n) is 2.02. The zero-order chi connectivity index (χ0) is 12.0. The van der Waals surface area contributed by atoms with Crippen LogP contribution in [-0.2, 0) is 4.74 Å². The van der Waals surface area contributed by atoms with Crippen molar-refractivity contribution in [2.45, 2.75) is 6.04 Å². The maximum atomic E-state index is 9.07. The molecule has 0 aliphatic carbocycles. The van der Waals surface area contributed by atoms with Crippen molar-refractivity contribution in [1.82, 2.24) is 4.98 Å². The Bertz CT molecular complexity index is 333. The number of aliphatic hydroxyl groups is 1. The predicted molar refractivity (Wildman–Crippen MR) is 61.6 cm³/mol. The molecule has 0 saturated carbocycles. The van der Waals surface area contributed by atoms with E-state index in [1.807, 2.05) is 0 Å². The number of nitrogen functional groups attached to an aromatic ring is 1. The summed E-state index contributed by atoms with van der Waals surface area (Å²) >= 11 is 0. The van der Waals surface area contributed by atoms with Crippen LogP contribution in [0.2, 0.25) is 0 Å². The average Bonchev–Trinajstić information content (AvgIpc) is 2.30. The van der Waals surface area contributed by atoms with Crippen LogP contribution in [0.25, 0.3) is 0 Å². The minimum Gasteiger partial charge on any atom is -0.479 e. The Morgan fingerprint density at radius 3 is 2.81 bits per heavy atom. The molecule has 0 spiro atoms. The van der Waals surface area contributed by atoms with Crippen molar-refractivity contribution in [2.24, 2.45) is 0 Å². The monoisotopic (exact) mass is 227 g/mol. The second kappa shape index (κ2) is 6.14. The molecular weight excluding hydrogens is 210 g/mol. The first kappa shape index (κ1) is 12.5. The Hall–Kier alpha value is -1.53. The van der Waals surface area contributed by atoms with Crippen LogP contribution in [0.3, 0.4) is 0 Å². The van der Waals surface area contributed by atoms with Crippen LogP contribution in [0.1, 0.15) is 0 Å². The molecule has 0 bridgehead atoms. The van der Waals surface area contributed by atoms with E-state index < -0.39 is 0 Å². The molecule has 1 heterocycles. The average molecular weight is 227 g/mol. The van der Waals surface area contributed by atoms with Crippen LogP contribution >= 0.6 is 0 Å². The third-order valence-corrected chi connectivity index (χ3v) is 2.02. The summed E-state index contributed by atoms with van der Waals surface area (Å²) in [4.78, 5) is 4.14. The zero-order valence-corrected chi connectivity index (χ0v) is 9.43. The molecule has 0 aliphatic rings. The summed E-state index contributed by atoms with van der Waals surface area (Å²) in [6.07, 6.45) is 0. The summed E-state index contributed by atoms with van der Waals surface area (Å²) in [6.45, 7) is 0.354. The minimum absolute atomic E-state index is 0.0395. The molecule has 1 aromatic rings. The molecule has 0 amide bonds. The highest BCUT2D eigenvalue weighted by atomic mass is 16.5. The van der Waals surface area contributed by atoms with Crippen LogP contribution in [0.15, 0.2) is 12.1 Å². The van der Waals surface area contributed by atoms with Gasteiger partial charge in [0, 0.05) is 7.11 Å². The molecule has 16 heavy (non-hydrogen) atoms. The highest BCUT2D eigenvalue weighted by Crippen LogP contribution is 2.20. The standard InChI is InChI=1S/C10H17N3O3/c1-15-6-7(5-14)12-9-4-3-8(11)10(13-9)16-2/h3-4,7,14H,5-6,11H2,1-2H3,(H,12,13). The van der Waals surface area contributed by atoms with E-state index in [1.54, 1.807) is 19.2 Å². The molecule has 0 aliphatic heterocycles. The summed E-state index contributed by atoms with van der Waals surface area (Å²) < 4.78 is 9.93. The molecular formula is C10H17N3O3. The molecule has 1 rings (SSSR count). The van der Waals surface area contributed by atoms with E-state index in [0.29, 0.717) is 24.0 Å². The number of hydrogen-bond acceptors (Lipinski definition) is 6. The first-order valence-corrected chi connectivity index (χ1v) is 4.88. The van der Waals surface area contributed by atoms with Gasteiger partial charge in [-0.05, 0) is 12.1 Å². The largest absolute Gasteiger partial charge is 0.479 e. The van der Waals surface area contributed by atoms with Gasteiger partial charge < -0.3 is 25.6 Å². The molecule has 1 atom stereocenters. The Kier molecular flexibility index (Phi) is 4.81. The maximum Gasteiger partial charge on any atom is 0.238 e. The second-order valence-electron chi connectivity index (χ2n) is 3.27. The van der Waals surface area contributed by atoms with Gasteiger partial charge in [-0.3, -0.25) is 0 Å². The third kappa shape index (κ3) is 3.25. The number of rotatable bonds is 6. The Balaban J connectivity index is 2.72. The smallest absolute Gasteiger partial charge is 0.238 e. The lowest BCUT2D eigenvalue weighted by molar-refractivity contribution is 0.153. The number of nitrogens with two attached hydrogens (primary N) is 1. The van der Waals surface area contributed by atoms with Crippen molar-refractivity contribution in [3.63, 3.8) is 0 Å². The van der Waals surface area contributed by atoms with Gasteiger partial charge in [-0.1, -0.05) is 0 Å². The molecule has 1 aromatic heterocycles. The van der Waals surface area contributed by atoms with Crippen LogP contribution in [0.4, 0.5) is 11.5 Å². The SMILES string of the molecule is COCC(CO)Nc1ccc(N)c(OC)n1. The Morgan fingerprint density at radius 1 is 1.50 bits per heavy atom. The van der Waals surface area contributed by atoms with E-state index in [0.717, 1.165) is 0 Å². The fourth-order valence-electron chi connectivity index (χ4n) is 1.25. The molecule has 4 N–H and O–H groups in total. The van der Waals surface area contributed by atoms with E-state index in [4.69, 9.17) is 20.3 Å². The number of anilines is 2. The van der Waals surface area contributed by atoms with Gasteiger partial charge in [0.05, 0.1) is 32.1 Å². The number of pyridine rings is 1. The highest BCUT2D eigenvalue weighted by Gasteiger charge is 2.09. The quantitative estimate of drug-likeness (QED) is 0.638. The molecule has 1 unspecified atom stereocenters. The molecule has 0 fully saturated rings. The summed E-state index contributed by atoms with van der Waals surface area (Å²) in [7, 11) is 3.07. The Morgan fingerprint density at radius 2 is 2.25 bits per heavy atom. The molecule has 0 aromatic carbocycles. The van der Waals surface area contributed by atoms with E-state index in [1.165, 1.54) is 7.11 Å². The van der Waals surface area contributed by atoms with Gasteiger partial charge in [0.25, 0.3) is 0 Å². The van der Waals surface area contributed by atoms with E-state index in [-0.39, 0.29) is 12.6 Å². The van der Waals surface area contributed by atoms with Crippen molar-refractivity contribution >= 4 is 11.5 Å². The van der Waals surface area contributed by atoms with Gasteiger partial charge >= 0.3 is 0 Å². The summed E-state index contributed by atoms with van der Waals surface area (Å²) in [5.74, 6) is 0.946. The molecule has 0 radical (unpaired) electrons. The van der Waals surface area contributed by atoms with E-state index in [2.05, 4.69) is 10.3 Å². The number of aromatic nitrogens is 1.